The first kappa shape index (κ1) is 15.4. The highest BCUT2D eigenvalue weighted by Gasteiger charge is 2.37. The van der Waals surface area contributed by atoms with Gasteiger partial charge in [-0.1, -0.05) is 0 Å². The standard InChI is InChI=1S/C17H22N4O3/c1-19-8-14(6-18-19)17(22)21-3-5-24-16-11-20(9-15(16)10-21)7-13-2-4-23-12-13/h2,4,6,8,12,15-16H,3,5,7,9-11H2,1H3/t15-,16-/m0/s1. The summed E-state index contributed by atoms with van der Waals surface area (Å²) in [5, 5.41) is 4.10. The number of carbonyl (C=O) groups excluding carboxylic acids is 1. The summed E-state index contributed by atoms with van der Waals surface area (Å²) >= 11 is 0. The van der Waals surface area contributed by atoms with Crippen LogP contribution in [0.1, 0.15) is 15.9 Å². The summed E-state index contributed by atoms with van der Waals surface area (Å²) in [7, 11) is 1.82. The van der Waals surface area contributed by atoms with E-state index in [1.54, 1.807) is 29.6 Å². The van der Waals surface area contributed by atoms with Gasteiger partial charge in [-0.15, -0.1) is 0 Å². The van der Waals surface area contributed by atoms with Crippen LogP contribution in [0.5, 0.6) is 0 Å². The Morgan fingerprint density at radius 1 is 1.38 bits per heavy atom. The molecule has 0 aromatic carbocycles. The fourth-order valence-corrected chi connectivity index (χ4v) is 3.65. The molecule has 4 rings (SSSR count). The molecule has 0 radical (unpaired) electrons. The van der Waals surface area contributed by atoms with E-state index in [1.807, 2.05) is 18.0 Å². The minimum absolute atomic E-state index is 0.0423. The molecular formula is C17H22N4O3. The number of nitrogens with zero attached hydrogens (tertiary/aromatic N) is 4. The van der Waals surface area contributed by atoms with Crippen LogP contribution in [0.2, 0.25) is 0 Å². The first-order valence-corrected chi connectivity index (χ1v) is 8.32. The van der Waals surface area contributed by atoms with E-state index in [4.69, 9.17) is 9.15 Å². The Hall–Kier alpha value is -2.12. The molecule has 0 bridgehead atoms. The Morgan fingerprint density at radius 3 is 3.04 bits per heavy atom. The zero-order chi connectivity index (χ0) is 16.5. The number of carbonyl (C=O) groups is 1. The van der Waals surface area contributed by atoms with Crippen LogP contribution in [0.15, 0.2) is 35.4 Å². The minimum Gasteiger partial charge on any atom is -0.472 e. The molecule has 2 saturated heterocycles. The average molecular weight is 330 g/mol. The van der Waals surface area contributed by atoms with Crippen molar-refractivity contribution >= 4 is 5.91 Å². The van der Waals surface area contributed by atoms with Gasteiger partial charge in [0.25, 0.3) is 5.91 Å². The fourth-order valence-electron chi connectivity index (χ4n) is 3.65. The number of ether oxygens (including phenoxy) is 1. The van der Waals surface area contributed by atoms with Gasteiger partial charge in [-0.05, 0) is 6.07 Å². The van der Waals surface area contributed by atoms with Crippen molar-refractivity contribution in [1.29, 1.82) is 0 Å². The molecule has 0 spiro atoms. The van der Waals surface area contributed by atoms with Gasteiger partial charge in [0.2, 0.25) is 0 Å². The first-order valence-electron chi connectivity index (χ1n) is 8.32. The molecule has 4 heterocycles. The van der Waals surface area contributed by atoms with Crippen molar-refractivity contribution in [2.75, 3.05) is 32.8 Å². The third-order valence-electron chi connectivity index (χ3n) is 4.83. The normalized spacial score (nSPS) is 24.8. The molecule has 2 fully saturated rings. The summed E-state index contributed by atoms with van der Waals surface area (Å²) in [5.74, 6) is 0.389. The van der Waals surface area contributed by atoms with Crippen LogP contribution in [0.4, 0.5) is 0 Å². The van der Waals surface area contributed by atoms with E-state index in [-0.39, 0.29) is 12.0 Å². The predicted molar refractivity (Wildman–Crippen MR) is 86.3 cm³/mol. The Kier molecular flexibility index (Phi) is 4.12. The lowest BCUT2D eigenvalue weighted by molar-refractivity contribution is 0.0501. The van der Waals surface area contributed by atoms with Crippen LogP contribution < -0.4 is 0 Å². The molecule has 0 unspecified atom stereocenters. The number of fused-ring (bicyclic) bond motifs is 1. The summed E-state index contributed by atoms with van der Waals surface area (Å²) in [6.07, 6.45) is 7.09. The van der Waals surface area contributed by atoms with Crippen molar-refractivity contribution < 1.29 is 13.9 Å². The van der Waals surface area contributed by atoms with E-state index >= 15 is 0 Å². The van der Waals surface area contributed by atoms with E-state index in [0.717, 1.165) is 26.2 Å². The third kappa shape index (κ3) is 3.09. The summed E-state index contributed by atoms with van der Waals surface area (Å²) in [4.78, 5) is 17.0. The van der Waals surface area contributed by atoms with Crippen LogP contribution in [0.3, 0.4) is 0 Å². The highest BCUT2D eigenvalue weighted by molar-refractivity contribution is 5.93. The summed E-state index contributed by atoms with van der Waals surface area (Å²) in [6, 6.07) is 1.99. The molecule has 2 aromatic heterocycles. The van der Waals surface area contributed by atoms with Crippen molar-refractivity contribution in [3.05, 3.63) is 42.1 Å². The smallest absolute Gasteiger partial charge is 0.257 e. The van der Waals surface area contributed by atoms with Gasteiger partial charge in [-0.25, -0.2) is 0 Å². The molecular weight excluding hydrogens is 308 g/mol. The van der Waals surface area contributed by atoms with Crippen LogP contribution in [0.25, 0.3) is 0 Å². The molecule has 7 heteroatoms. The molecule has 0 saturated carbocycles. The lowest BCUT2D eigenvalue weighted by atomic mass is 10.1. The lowest BCUT2D eigenvalue weighted by Crippen LogP contribution is -2.37. The number of furan rings is 1. The highest BCUT2D eigenvalue weighted by Crippen LogP contribution is 2.25. The fraction of sp³-hybridized carbons (Fsp3) is 0.529. The van der Waals surface area contributed by atoms with Gasteiger partial charge in [0.05, 0.1) is 37.0 Å². The second-order valence-corrected chi connectivity index (χ2v) is 6.65. The summed E-state index contributed by atoms with van der Waals surface area (Å²) in [6.45, 7) is 4.68. The Labute approximate surface area is 140 Å². The van der Waals surface area contributed by atoms with Gasteiger partial charge < -0.3 is 14.1 Å². The molecule has 0 aliphatic carbocycles. The topological polar surface area (TPSA) is 63.7 Å². The van der Waals surface area contributed by atoms with Gasteiger partial charge in [-0.2, -0.15) is 5.10 Å². The molecule has 24 heavy (non-hydrogen) atoms. The summed E-state index contributed by atoms with van der Waals surface area (Å²) < 4.78 is 12.8. The lowest BCUT2D eigenvalue weighted by Gasteiger charge is -2.23. The highest BCUT2D eigenvalue weighted by atomic mass is 16.5. The van der Waals surface area contributed by atoms with E-state index < -0.39 is 0 Å². The number of likely N-dealkylation sites (tertiary alicyclic amines) is 1. The molecule has 0 N–H and O–H groups in total. The molecule has 2 aliphatic heterocycles. The number of rotatable bonds is 3. The number of aromatic nitrogens is 2. The Morgan fingerprint density at radius 2 is 2.29 bits per heavy atom. The third-order valence-corrected chi connectivity index (χ3v) is 4.83. The summed E-state index contributed by atoms with van der Waals surface area (Å²) in [5.41, 5.74) is 1.82. The van der Waals surface area contributed by atoms with Crippen molar-refractivity contribution in [3.63, 3.8) is 0 Å². The van der Waals surface area contributed by atoms with Gasteiger partial charge in [0.15, 0.2) is 0 Å². The second-order valence-electron chi connectivity index (χ2n) is 6.65. The average Bonchev–Trinajstić information content (AvgIpc) is 3.27. The maximum absolute atomic E-state index is 12.7. The van der Waals surface area contributed by atoms with Crippen molar-refractivity contribution in [2.24, 2.45) is 13.0 Å². The van der Waals surface area contributed by atoms with E-state index in [9.17, 15) is 4.79 Å². The van der Waals surface area contributed by atoms with Gasteiger partial charge in [0, 0.05) is 57.4 Å². The number of aryl methyl sites for hydroxylation is 1. The largest absolute Gasteiger partial charge is 0.472 e. The molecule has 128 valence electrons. The zero-order valence-electron chi connectivity index (χ0n) is 13.8. The number of amides is 1. The van der Waals surface area contributed by atoms with Crippen LogP contribution in [0, 0.1) is 5.92 Å². The number of hydrogen-bond donors (Lipinski definition) is 0. The van der Waals surface area contributed by atoms with Gasteiger partial charge >= 0.3 is 0 Å². The molecule has 2 atom stereocenters. The maximum atomic E-state index is 12.7. The maximum Gasteiger partial charge on any atom is 0.257 e. The Balaban J connectivity index is 1.41. The van der Waals surface area contributed by atoms with Crippen molar-refractivity contribution in [2.45, 2.75) is 12.6 Å². The van der Waals surface area contributed by atoms with Crippen molar-refractivity contribution in [3.8, 4) is 0 Å². The molecule has 1 amide bonds. The quantitative estimate of drug-likeness (QED) is 0.840. The Bertz CT molecular complexity index is 697. The van der Waals surface area contributed by atoms with E-state index in [0.29, 0.717) is 24.6 Å². The van der Waals surface area contributed by atoms with E-state index in [2.05, 4.69) is 10.00 Å². The molecule has 7 nitrogen and oxygen atoms in total. The zero-order valence-corrected chi connectivity index (χ0v) is 13.8. The monoisotopic (exact) mass is 330 g/mol. The van der Waals surface area contributed by atoms with Crippen LogP contribution >= 0.6 is 0 Å². The minimum atomic E-state index is 0.0423. The van der Waals surface area contributed by atoms with Gasteiger partial charge in [-0.3, -0.25) is 14.4 Å². The number of hydrogen-bond acceptors (Lipinski definition) is 5. The predicted octanol–water partition coefficient (Wildman–Crippen LogP) is 0.986. The second kappa shape index (κ2) is 6.41. The SMILES string of the molecule is Cn1cc(C(=O)N2CCO[C@H]3CN(Cc4ccoc4)C[C@H]3C2)cn1. The van der Waals surface area contributed by atoms with Crippen molar-refractivity contribution in [1.82, 2.24) is 19.6 Å². The van der Waals surface area contributed by atoms with Crippen LogP contribution in [-0.4, -0.2) is 64.4 Å². The molecule has 2 aromatic rings. The van der Waals surface area contributed by atoms with Gasteiger partial charge in [0.1, 0.15) is 0 Å². The van der Waals surface area contributed by atoms with E-state index in [1.165, 1.54) is 5.56 Å². The van der Waals surface area contributed by atoms with Crippen LogP contribution in [-0.2, 0) is 18.3 Å². The molecule has 2 aliphatic rings. The first-order chi connectivity index (χ1) is 11.7.